The van der Waals surface area contributed by atoms with Crippen molar-refractivity contribution in [2.75, 3.05) is 25.4 Å². The smallest absolute Gasteiger partial charge is 0.254 e. The number of benzene rings is 1. The molecular formula is C16H22N2O2. The van der Waals surface area contributed by atoms with Gasteiger partial charge >= 0.3 is 0 Å². The van der Waals surface area contributed by atoms with Crippen molar-refractivity contribution in [1.29, 1.82) is 0 Å². The third kappa shape index (κ3) is 2.47. The van der Waals surface area contributed by atoms with Gasteiger partial charge in [-0.3, -0.25) is 4.79 Å². The predicted molar refractivity (Wildman–Crippen MR) is 78.8 cm³/mol. The van der Waals surface area contributed by atoms with Gasteiger partial charge in [-0.15, -0.1) is 0 Å². The molecule has 2 fully saturated rings. The molecule has 1 heterocycles. The maximum atomic E-state index is 12.6. The number of hydrogen-bond acceptors (Lipinski definition) is 3. The quantitative estimate of drug-likeness (QED) is 0.862. The van der Waals surface area contributed by atoms with E-state index in [9.17, 15) is 4.79 Å². The Labute approximate surface area is 119 Å². The Bertz CT molecular complexity index is 503. The molecule has 0 aromatic heterocycles. The molecule has 2 atom stereocenters. The number of ether oxygens (including phenoxy) is 1. The minimum atomic E-state index is 0.0904. The molecule has 0 radical (unpaired) electrons. The van der Waals surface area contributed by atoms with E-state index in [1.165, 1.54) is 19.3 Å². The van der Waals surface area contributed by atoms with Crippen molar-refractivity contribution in [3.05, 3.63) is 23.8 Å². The molecule has 1 aromatic carbocycles. The monoisotopic (exact) mass is 274 g/mol. The summed E-state index contributed by atoms with van der Waals surface area (Å²) in [6.45, 7) is 4.31. The van der Waals surface area contributed by atoms with Crippen LogP contribution < -0.4 is 10.5 Å². The van der Waals surface area contributed by atoms with Gasteiger partial charge in [-0.25, -0.2) is 0 Å². The average Bonchev–Trinajstić information content (AvgIpc) is 2.98. The van der Waals surface area contributed by atoms with Gasteiger partial charge in [0.2, 0.25) is 0 Å². The van der Waals surface area contributed by atoms with Gasteiger partial charge in [0.25, 0.3) is 5.91 Å². The molecule has 20 heavy (non-hydrogen) atoms. The van der Waals surface area contributed by atoms with E-state index in [2.05, 4.69) is 0 Å². The summed E-state index contributed by atoms with van der Waals surface area (Å²) in [5.74, 6) is 2.20. The van der Waals surface area contributed by atoms with Crippen molar-refractivity contribution in [2.45, 2.75) is 26.2 Å². The lowest BCUT2D eigenvalue weighted by Crippen LogP contribution is -2.29. The highest BCUT2D eigenvalue weighted by Gasteiger charge is 2.38. The first-order valence-corrected chi connectivity index (χ1v) is 7.50. The highest BCUT2D eigenvalue weighted by molar-refractivity contribution is 5.95. The summed E-state index contributed by atoms with van der Waals surface area (Å²) in [6, 6.07) is 5.31. The van der Waals surface area contributed by atoms with Gasteiger partial charge in [-0.2, -0.15) is 0 Å². The Balaban J connectivity index is 1.77. The van der Waals surface area contributed by atoms with Crippen LogP contribution in [0.5, 0.6) is 5.75 Å². The lowest BCUT2D eigenvalue weighted by molar-refractivity contribution is 0.0780. The van der Waals surface area contributed by atoms with E-state index in [1.54, 1.807) is 18.2 Å². The number of nitrogen functional groups attached to an aromatic ring is 1. The molecule has 3 rings (SSSR count). The fraction of sp³-hybridized carbons (Fsp3) is 0.562. The molecule has 1 aliphatic carbocycles. The second-order valence-corrected chi connectivity index (χ2v) is 5.88. The fourth-order valence-corrected chi connectivity index (χ4v) is 3.58. The van der Waals surface area contributed by atoms with E-state index in [1.807, 2.05) is 11.8 Å². The van der Waals surface area contributed by atoms with Crippen molar-refractivity contribution < 1.29 is 9.53 Å². The second kappa shape index (κ2) is 5.35. The highest BCUT2D eigenvalue weighted by atomic mass is 16.5. The fourth-order valence-electron chi connectivity index (χ4n) is 3.58. The summed E-state index contributed by atoms with van der Waals surface area (Å²) in [5.41, 5.74) is 7.10. The molecule has 1 aromatic rings. The average molecular weight is 274 g/mol. The third-order valence-corrected chi connectivity index (χ3v) is 4.50. The van der Waals surface area contributed by atoms with Crippen molar-refractivity contribution in [1.82, 2.24) is 4.90 Å². The summed E-state index contributed by atoms with van der Waals surface area (Å²) >= 11 is 0. The minimum absolute atomic E-state index is 0.0904. The molecule has 2 unspecified atom stereocenters. The van der Waals surface area contributed by atoms with E-state index < -0.39 is 0 Å². The molecule has 4 heteroatoms. The number of carbonyl (C=O) groups excluding carboxylic acids is 1. The summed E-state index contributed by atoms with van der Waals surface area (Å²) in [6.07, 6.45) is 3.87. The van der Waals surface area contributed by atoms with E-state index in [0.29, 0.717) is 35.4 Å². The molecule has 4 nitrogen and oxygen atoms in total. The molecule has 2 N–H and O–H groups in total. The minimum Gasteiger partial charge on any atom is -0.494 e. The zero-order valence-electron chi connectivity index (χ0n) is 12.0. The first-order valence-electron chi connectivity index (χ1n) is 7.50. The predicted octanol–water partition coefficient (Wildman–Crippen LogP) is 2.54. The number of amides is 1. The number of rotatable bonds is 3. The maximum absolute atomic E-state index is 12.6. The Hall–Kier alpha value is -1.71. The largest absolute Gasteiger partial charge is 0.494 e. The maximum Gasteiger partial charge on any atom is 0.254 e. The number of nitrogens with two attached hydrogens (primary N) is 1. The molecule has 108 valence electrons. The Kier molecular flexibility index (Phi) is 3.55. The lowest BCUT2D eigenvalue weighted by atomic mass is 10.0. The first-order chi connectivity index (χ1) is 9.67. The van der Waals surface area contributed by atoms with Crippen LogP contribution in [0.2, 0.25) is 0 Å². The molecule has 2 aliphatic rings. The summed E-state index contributed by atoms with van der Waals surface area (Å²) in [5, 5.41) is 0. The molecule has 0 bridgehead atoms. The zero-order valence-corrected chi connectivity index (χ0v) is 12.0. The van der Waals surface area contributed by atoms with Gasteiger partial charge in [0.1, 0.15) is 5.75 Å². The van der Waals surface area contributed by atoms with Crippen LogP contribution in [0.15, 0.2) is 18.2 Å². The summed E-state index contributed by atoms with van der Waals surface area (Å²) in [7, 11) is 0. The number of anilines is 1. The number of fused-ring (bicyclic) bond motifs is 1. The molecule has 0 spiro atoms. The van der Waals surface area contributed by atoms with Crippen LogP contribution in [0.4, 0.5) is 5.69 Å². The standard InChI is InChI=1S/C16H22N2O2/c1-2-20-15-7-13(6-14(17)8-15)16(19)18-9-11-4-3-5-12(11)10-18/h6-8,11-12H,2-5,9-10,17H2,1H3. The normalized spacial score (nSPS) is 24.8. The Morgan fingerprint density at radius 3 is 2.65 bits per heavy atom. The molecule has 1 saturated heterocycles. The second-order valence-electron chi connectivity index (χ2n) is 5.88. The first kappa shape index (κ1) is 13.3. The molecule has 1 amide bonds. The lowest BCUT2D eigenvalue weighted by Gasteiger charge is -2.18. The summed E-state index contributed by atoms with van der Waals surface area (Å²) in [4.78, 5) is 14.6. The SMILES string of the molecule is CCOc1cc(N)cc(C(=O)N2CC3CCCC3C2)c1. The van der Waals surface area contributed by atoms with Crippen LogP contribution >= 0.6 is 0 Å². The van der Waals surface area contributed by atoms with E-state index in [0.717, 1.165) is 13.1 Å². The number of carbonyl (C=O) groups is 1. The van der Waals surface area contributed by atoms with Crippen LogP contribution in [0.3, 0.4) is 0 Å². The molecule has 1 saturated carbocycles. The van der Waals surface area contributed by atoms with Gasteiger partial charge in [0.15, 0.2) is 0 Å². The van der Waals surface area contributed by atoms with Crippen LogP contribution in [0.25, 0.3) is 0 Å². The van der Waals surface area contributed by atoms with Gasteiger partial charge in [0, 0.05) is 30.4 Å². The Morgan fingerprint density at radius 2 is 2.00 bits per heavy atom. The van der Waals surface area contributed by atoms with Gasteiger partial charge in [0.05, 0.1) is 6.61 Å². The van der Waals surface area contributed by atoms with Crippen molar-refractivity contribution in [3.63, 3.8) is 0 Å². The number of hydrogen-bond donors (Lipinski definition) is 1. The summed E-state index contributed by atoms with van der Waals surface area (Å²) < 4.78 is 5.46. The van der Waals surface area contributed by atoms with Crippen molar-refractivity contribution >= 4 is 11.6 Å². The van der Waals surface area contributed by atoms with Gasteiger partial charge < -0.3 is 15.4 Å². The van der Waals surface area contributed by atoms with Crippen molar-refractivity contribution in [2.24, 2.45) is 11.8 Å². The van der Waals surface area contributed by atoms with Crippen LogP contribution in [0.1, 0.15) is 36.5 Å². The molecular weight excluding hydrogens is 252 g/mol. The van der Waals surface area contributed by atoms with Crippen molar-refractivity contribution in [3.8, 4) is 5.75 Å². The Morgan fingerprint density at radius 1 is 1.30 bits per heavy atom. The molecule has 1 aliphatic heterocycles. The van der Waals surface area contributed by atoms with E-state index >= 15 is 0 Å². The topological polar surface area (TPSA) is 55.6 Å². The number of nitrogens with zero attached hydrogens (tertiary/aromatic N) is 1. The van der Waals surface area contributed by atoms with E-state index in [4.69, 9.17) is 10.5 Å². The van der Waals surface area contributed by atoms with Crippen LogP contribution in [0, 0.1) is 11.8 Å². The van der Waals surface area contributed by atoms with Gasteiger partial charge in [-0.1, -0.05) is 6.42 Å². The van der Waals surface area contributed by atoms with Gasteiger partial charge in [-0.05, 0) is 43.7 Å². The number of likely N-dealkylation sites (tertiary alicyclic amines) is 1. The third-order valence-electron chi connectivity index (χ3n) is 4.50. The van der Waals surface area contributed by atoms with Crippen LogP contribution in [-0.4, -0.2) is 30.5 Å². The highest BCUT2D eigenvalue weighted by Crippen LogP contribution is 2.38. The zero-order chi connectivity index (χ0) is 14.1. The van der Waals surface area contributed by atoms with E-state index in [-0.39, 0.29) is 5.91 Å². The van der Waals surface area contributed by atoms with Crippen LogP contribution in [-0.2, 0) is 0 Å².